The van der Waals surface area contributed by atoms with Crippen molar-refractivity contribution in [3.63, 3.8) is 0 Å². The van der Waals surface area contributed by atoms with Crippen molar-refractivity contribution >= 4 is 5.91 Å². The number of carbonyl (C=O) groups excluding carboxylic acids is 1. The van der Waals surface area contributed by atoms with Crippen LogP contribution >= 0.6 is 0 Å². The van der Waals surface area contributed by atoms with Crippen LogP contribution in [0.1, 0.15) is 24.7 Å². The van der Waals surface area contributed by atoms with Crippen LogP contribution in [0.2, 0.25) is 0 Å². The van der Waals surface area contributed by atoms with Gasteiger partial charge < -0.3 is 9.84 Å². The lowest BCUT2D eigenvalue weighted by atomic mass is 10.1. The summed E-state index contributed by atoms with van der Waals surface area (Å²) in [4.78, 5) is 14.0. The zero-order valence-corrected chi connectivity index (χ0v) is 13.0. The fraction of sp³-hybridized carbons (Fsp3) is 0.412. The lowest BCUT2D eigenvalue weighted by Crippen LogP contribution is -2.41. The first-order valence-corrected chi connectivity index (χ1v) is 7.68. The van der Waals surface area contributed by atoms with Crippen LogP contribution in [-0.2, 0) is 11.3 Å². The summed E-state index contributed by atoms with van der Waals surface area (Å²) in [6.07, 6.45) is 0.953. The van der Waals surface area contributed by atoms with Gasteiger partial charge in [0.2, 0.25) is 5.91 Å². The van der Waals surface area contributed by atoms with E-state index in [1.54, 1.807) is 0 Å². The van der Waals surface area contributed by atoms with Crippen LogP contribution in [0, 0.1) is 6.92 Å². The molecule has 1 aliphatic heterocycles. The van der Waals surface area contributed by atoms with E-state index in [0.29, 0.717) is 6.54 Å². The minimum atomic E-state index is -0.143. The van der Waals surface area contributed by atoms with E-state index in [9.17, 15) is 4.79 Å². The molecule has 0 radical (unpaired) electrons. The van der Waals surface area contributed by atoms with Gasteiger partial charge in [-0.25, -0.2) is 0 Å². The molecule has 0 spiro atoms. The molecule has 1 fully saturated rings. The van der Waals surface area contributed by atoms with Crippen molar-refractivity contribution in [2.24, 2.45) is 0 Å². The van der Waals surface area contributed by atoms with Gasteiger partial charge >= 0.3 is 0 Å². The third-order valence-corrected chi connectivity index (χ3v) is 4.11. The highest BCUT2D eigenvalue weighted by molar-refractivity contribution is 5.81. The fourth-order valence-electron chi connectivity index (χ4n) is 2.66. The lowest BCUT2D eigenvalue weighted by Gasteiger charge is -2.23. The van der Waals surface area contributed by atoms with E-state index >= 15 is 0 Å². The monoisotopic (exact) mass is 299 g/mol. The molecule has 0 bridgehead atoms. The van der Waals surface area contributed by atoms with Crippen molar-refractivity contribution < 1.29 is 9.32 Å². The van der Waals surface area contributed by atoms with Gasteiger partial charge in [0.15, 0.2) is 5.76 Å². The predicted molar refractivity (Wildman–Crippen MR) is 84.2 cm³/mol. The largest absolute Gasteiger partial charge is 0.359 e. The molecule has 0 saturated carbocycles. The molecule has 2 heterocycles. The molecule has 1 aliphatic rings. The summed E-state index contributed by atoms with van der Waals surface area (Å²) in [6, 6.07) is 10.0. The van der Waals surface area contributed by atoms with Crippen LogP contribution in [0.5, 0.6) is 0 Å². The third-order valence-electron chi connectivity index (χ3n) is 4.11. The Balaban J connectivity index is 1.73. The van der Waals surface area contributed by atoms with Gasteiger partial charge in [-0.1, -0.05) is 35.0 Å². The van der Waals surface area contributed by atoms with Gasteiger partial charge in [-0.3, -0.25) is 9.69 Å². The molecule has 1 aromatic carbocycles. The van der Waals surface area contributed by atoms with Gasteiger partial charge in [0.25, 0.3) is 0 Å². The van der Waals surface area contributed by atoms with Crippen molar-refractivity contribution in [3.8, 4) is 11.3 Å². The first kappa shape index (κ1) is 14.8. The van der Waals surface area contributed by atoms with Crippen molar-refractivity contribution in [2.45, 2.75) is 32.9 Å². The average Bonchev–Trinajstić information content (AvgIpc) is 2.92. The highest BCUT2D eigenvalue weighted by atomic mass is 16.5. The molecule has 5 nitrogen and oxygen atoms in total. The minimum absolute atomic E-state index is 0.0794. The maximum absolute atomic E-state index is 11.9. The van der Waals surface area contributed by atoms with Gasteiger partial charge in [0, 0.05) is 24.7 Å². The van der Waals surface area contributed by atoms with Crippen LogP contribution < -0.4 is 5.32 Å². The van der Waals surface area contributed by atoms with Crippen molar-refractivity contribution in [1.29, 1.82) is 0 Å². The highest BCUT2D eigenvalue weighted by Crippen LogP contribution is 2.21. The molecule has 2 aromatic rings. The number of aromatic nitrogens is 1. The van der Waals surface area contributed by atoms with E-state index in [-0.39, 0.29) is 11.9 Å². The number of hydrogen-bond donors (Lipinski definition) is 1. The Morgan fingerprint density at radius 1 is 1.36 bits per heavy atom. The van der Waals surface area contributed by atoms with Gasteiger partial charge in [-0.15, -0.1) is 0 Å². The Bertz CT molecular complexity index is 648. The van der Waals surface area contributed by atoms with E-state index in [4.69, 9.17) is 4.52 Å². The molecule has 22 heavy (non-hydrogen) atoms. The number of hydrogen-bond acceptors (Lipinski definition) is 4. The molecule has 1 saturated heterocycles. The van der Waals surface area contributed by atoms with Crippen LogP contribution in [-0.4, -0.2) is 35.1 Å². The van der Waals surface area contributed by atoms with E-state index in [2.05, 4.69) is 34.4 Å². The Labute approximate surface area is 130 Å². The molecule has 1 amide bonds. The summed E-state index contributed by atoms with van der Waals surface area (Å²) in [5.74, 6) is 0.868. The summed E-state index contributed by atoms with van der Waals surface area (Å²) in [5.41, 5.74) is 3.10. The number of amides is 1. The number of carbonyl (C=O) groups is 1. The standard InChI is InChI=1S/C17H21N3O2/c1-12-4-6-14(7-5-12)16-10-15(22-19-16)11-20-9-3-8-18-17(21)13(20)2/h4-7,10,13H,3,8-9,11H2,1-2H3,(H,18,21). The molecule has 5 heteroatoms. The van der Waals surface area contributed by atoms with E-state index in [1.165, 1.54) is 5.56 Å². The first-order valence-electron chi connectivity index (χ1n) is 7.68. The molecule has 1 aromatic heterocycles. The van der Waals surface area contributed by atoms with Crippen LogP contribution in [0.25, 0.3) is 11.3 Å². The van der Waals surface area contributed by atoms with Crippen molar-refractivity contribution in [3.05, 3.63) is 41.7 Å². The minimum Gasteiger partial charge on any atom is -0.359 e. The van der Waals surface area contributed by atoms with Crippen LogP contribution in [0.3, 0.4) is 0 Å². The Morgan fingerprint density at radius 3 is 2.91 bits per heavy atom. The average molecular weight is 299 g/mol. The number of nitrogens with zero attached hydrogens (tertiary/aromatic N) is 2. The summed E-state index contributed by atoms with van der Waals surface area (Å²) < 4.78 is 5.45. The van der Waals surface area contributed by atoms with Crippen LogP contribution in [0.4, 0.5) is 0 Å². The Morgan fingerprint density at radius 2 is 2.14 bits per heavy atom. The van der Waals surface area contributed by atoms with Crippen LogP contribution in [0.15, 0.2) is 34.9 Å². The van der Waals surface area contributed by atoms with Crippen molar-refractivity contribution in [2.75, 3.05) is 13.1 Å². The molecule has 1 unspecified atom stereocenters. The highest BCUT2D eigenvalue weighted by Gasteiger charge is 2.24. The second kappa shape index (κ2) is 6.32. The number of benzene rings is 1. The molecule has 1 N–H and O–H groups in total. The van der Waals surface area contributed by atoms with Gasteiger partial charge in [-0.2, -0.15) is 0 Å². The van der Waals surface area contributed by atoms with E-state index in [1.807, 2.05) is 25.1 Å². The van der Waals surface area contributed by atoms with Gasteiger partial charge in [0.1, 0.15) is 5.69 Å². The Hall–Kier alpha value is -2.14. The fourth-order valence-corrected chi connectivity index (χ4v) is 2.66. The quantitative estimate of drug-likeness (QED) is 0.945. The second-order valence-corrected chi connectivity index (χ2v) is 5.84. The maximum Gasteiger partial charge on any atom is 0.237 e. The molecule has 3 rings (SSSR count). The third kappa shape index (κ3) is 3.20. The smallest absolute Gasteiger partial charge is 0.237 e. The second-order valence-electron chi connectivity index (χ2n) is 5.84. The molecule has 1 atom stereocenters. The number of rotatable bonds is 3. The summed E-state index contributed by atoms with van der Waals surface area (Å²) >= 11 is 0. The van der Waals surface area contributed by atoms with E-state index < -0.39 is 0 Å². The zero-order valence-electron chi connectivity index (χ0n) is 13.0. The topological polar surface area (TPSA) is 58.4 Å². The number of nitrogens with one attached hydrogen (secondary N) is 1. The zero-order chi connectivity index (χ0) is 15.5. The van der Waals surface area contributed by atoms with Crippen molar-refractivity contribution in [1.82, 2.24) is 15.4 Å². The van der Waals surface area contributed by atoms with E-state index in [0.717, 1.165) is 36.5 Å². The maximum atomic E-state index is 11.9. The van der Waals surface area contributed by atoms with Gasteiger partial charge in [0.05, 0.1) is 12.6 Å². The lowest BCUT2D eigenvalue weighted by molar-refractivity contribution is -0.125. The normalized spacial score (nSPS) is 19.7. The molecular weight excluding hydrogens is 278 g/mol. The predicted octanol–water partition coefficient (Wildman–Crippen LogP) is 2.36. The van der Waals surface area contributed by atoms with Gasteiger partial charge in [-0.05, 0) is 20.3 Å². The summed E-state index contributed by atoms with van der Waals surface area (Å²) in [7, 11) is 0. The summed E-state index contributed by atoms with van der Waals surface area (Å²) in [5, 5.41) is 7.07. The first-order chi connectivity index (χ1) is 10.6. The summed E-state index contributed by atoms with van der Waals surface area (Å²) in [6.45, 7) is 6.21. The molecule has 116 valence electrons. The Kier molecular flexibility index (Phi) is 4.24. The number of aryl methyl sites for hydroxylation is 1. The molecular formula is C17H21N3O2. The molecule has 0 aliphatic carbocycles. The SMILES string of the molecule is Cc1ccc(-c2cc(CN3CCCNC(=O)C3C)on2)cc1.